The number of rotatable bonds is 0. The Morgan fingerprint density at radius 3 is 2.58 bits per heavy atom. The van der Waals surface area contributed by atoms with Crippen LogP contribution in [0.3, 0.4) is 0 Å². The first-order valence-corrected chi connectivity index (χ1v) is 6.73. The summed E-state index contributed by atoms with van der Waals surface area (Å²) in [5.41, 5.74) is -0.474. The fraction of sp³-hybridized carbons (Fsp3) is 0.786. The van der Waals surface area contributed by atoms with Crippen LogP contribution in [0.1, 0.15) is 34.6 Å². The molecule has 2 fully saturated rings. The third-order valence-electron chi connectivity index (χ3n) is 3.51. The van der Waals surface area contributed by atoms with Crippen molar-refractivity contribution in [2.45, 2.75) is 70.3 Å². The van der Waals surface area contributed by atoms with Crippen LogP contribution in [-0.4, -0.2) is 46.7 Å². The minimum absolute atomic E-state index is 0.0478. The van der Waals surface area contributed by atoms with Crippen molar-refractivity contribution in [2.75, 3.05) is 0 Å². The first-order valence-electron chi connectivity index (χ1n) is 6.73. The van der Waals surface area contributed by atoms with Gasteiger partial charge in [-0.2, -0.15) is 0 Å². The van der Waals surface area contributed by atoms with Crippen LogP contribution in [0.4, 0.5) is 4.79 Å². The Kier molecular flexibility index (Phi) is 2.54. The maximum atomic E-state index is 12.1. The van der Waals surface area contributed by atoms with Crippen molar-refractivity contribution in [1.29, 1.82) is 0 Å². The summed E-state index contributed by atoms with van der Waals surface area (Å²) in [5.74, 6) is -0.587. The molecule has 5 heteroatoms. The van der Waals surface area contributed by atoms with Gasteiger partial charge in [0.15, 0.2) is 5.79 Å². The highest BCUT2D eigenvalue weighted by Gasteiger charge is 2.62. The highest BCUT2D eigenvalue weighted by molar-refractivity contribution is 5.74. The second-order valence-electron chi connectivity index (χ2n) is 6.82. The van der Waals surface area contributed by atoms with Crippen molar-refractivity contribution in [3.63, 3.8) is 0 Å². The van der Waals surface area contributed by atoms with Crippen molar-refractivity contribution >= 4 is 6.09 Å². The molecule has 2 aliphatic heterocycles. The molecule has 0 aromatic carbocycles. The van der Waals surface area contributed by atoms with E-state index >= 15 is 0 Å². The molecule has 1 amide bonds. The Morgan fingerprint density at radius 2 is 1.95 bits per heavy atom. The molecule has 1 aliphatic carbocycles. The smallest absolute Gasteiger partial charge is 0.411 e. The Labute approximate surface area is 113 Å². The van der Waals surface area contributed by atoms with Crippen LogP contribution < -0.4 is 0 Å². The highest BCUT2D eigenvalue weighted by Crippen LogP contribution is 2.45. The van der Waals surface area contributed by atoms with Gasteiger partial charge in [-0.3, -0.25) is 4.90 Å². The first kappa shape index (κ1) is 12.9. The number of fused-ring (bicyclic) bond motifs is 3. The molecule has 0 unspecified atom stereocenters. The summed E-state index contributed by atoms with van der Waals surface area (Å²) < 4.78 is 17.1. The third kappa shape index (κ3) is 2.25. The molecule has 106 valence electrons. The molecule has 2 saturated heterocycles. The summed E-state index contributed by atoms with van der Waals surface area (Å²) in [7, 11) is 0. The molecule has 3 aliphatic rings. The van der Waals surface area contributed by atoms with Gasteiger partial charge in [-0.15, -0.1) is 0 Å². The van der Waals surface area contributed by atoms with Crippen LogP contribution in [0.15, 0.2) is 12.2 Å². The van der Waals surface area contributed by atoms with Gasteiger partial charge in [-0.25, -0.2) is 4.79 Å². The van der Waals surface area contributed by atoms with E-state index in [-0.39, 0.29) is 30.4 Å². The van der Waals surface area contributed by atoms with Gasteiger partial charge in [-0.05, 0) is 34.6 Å². The molecule has 19 heavy (non-hydrogen) atoms. The van der Waals surface area contributed by atoms with Crippen molar-refractivity contribution in [3.05, 3.63) is 12.2 Å². The quantitative estimate of drug-likeness (QED) is 0.498. The summed E-state index contributed by atoms with van der Waals surface area (Å²) in [6.07, 6.45) is 3.58. The van der Waals surface area contributed by atoms with Crippen molar-refractivity contribution in [1.82, 2.24) is 4.90 Å². The lowest BCUT2D eigenvalue weighted by Gasteiger charge is -2.21. The Bertz CT molecular complexity index is 437. The number of nitrogens with zero attached hydrogens (tertiary/aromatic N) is 1. The summed E-state index contributed by atoms with van der Waals surface area (Å²) in [4.78, 5) is 13.8. The molecular formula is C14H21NO4. The largest absolute Gasteiger partial charge is 0.444 e. The van der Waals surface area contributed by atoms with Crippen LogP contribution in [0.25, 0.3) is 0 Å². The number of carbonyl (C=O) groups excluding carboxylic acids is 1. The predicted molar refractivity (Wildman–Crippen MR) is 68.6 cm³/mol. The van der Waals surface area contributed by atoms with E-state index < -0.39 is 11.4 Å². The Hall–Kier alpha value is -1.07. The van der Waals surface area contributed by atoms with E-state index in [4.69, 9.17) is 14.2 Å². The maximum absolute atomic E-state index is 12.1. The second kappa shape index (κ2) is 3.73. The number of hydrogen-bond acceptors (Lipinski definition) is 4. The topological polar surface area (TPSA) is 47.8 Å². The summed E-state index contributed by atoms with van der Waals surface area (Å²) >= 11 is 0. The van der Waals surface area contributed by atoms with Crippen LogP contribution in [0.5, 0.6) is 0 Å². The minimum atomic E-state index is -0.587. The fourth-order valence-electron chi connectivity index (χ4n) is 2.84. The first-order chi connectivity index (χ1) is 8.68. The molecule has 0 radical (unpaired) electrons. The third-order valence-corrected chi connectivity index (χ3v) is 3.51. The fourth-order valence-corrected chi connectivity index (χ4v) is 2.84. The molecule has 4 atom stereocenters. The molecule has 0 saturated carbocycles. The molecule has 3 rings (SSSR count). The molecule has 0 bridgehead atoms. The van der Waals surface area contributed by atoms with E-state index in [9.17, 15) is 4.79 Å². The van der Waals surface area contributed by atoms with Crippen LogP contribution >= 0.6 is 0 Å². The lowest BCUT2D eigenvalue weighted by Crippen LogP contribution is -2.34. The van der Waals surface area contributed by atoms with E-state index in [2.05, 4.69) is 0 Å². The molecule has 2 heterocycles. The molecule has 0 spiro atoms. The van der Waals surface area contributed by atoms with Gasteiger partial charge in [0, 0.05) is 0 Å². The van der Waals surface area contributed by atoms with E-state index in [0.717, 1.165) is 0 Å². The Morgan fingerprint density at radius 1 is 1.26 bits per heavy atom. The van der Waals surface area contributed by atoms with Gasteiger partial charge in [0.25, 0.3) is 0 Å². The van der Waals surface area contributed by atoms with E-state index in [1.54, 1.807) is 4.90 Å². The van der Waals surface area contributed by atoms with Crippen molar-refractivity contribution in [2.24, 2.45) is 0 Å². The van der Waals surface area contributed by atoms with Crippen LogP contribution in [0, 0.1) is 0 Å². The lowest BCUT2D eigenvalue weighted by atomic mass is 10.0. The number of hydrogen-bond donors (Lipinski definition) is 0. The summed E-state index contributed by atoms with van der Waals surface area (Å²) in [6.45, 7) is 9.40. The predicted octanol–water partition coefficient (Wildman–Crippen LogP) is 2.06. The molecule has 0 aromatic heterocycles. The average molecular weight is 267 g/mol. The monoisotopic (exact) mass is 267 g/mol. The van der Waals surface area contributed by atoms with E-state index in [1.807, 2.05) is 46.8 Å². The second-order valence-corrected chi connectivity index (χ2v) is 6.82. The zero-order valence-corrected chi connectivity index (χ0v) is 12.0. The molecule has 5 nitrogen and oxygen atoms in total. The molecule has 0 aromatic rings. The van der Waals surface area contributed by atoms with Crippen molar-refractivity contribution in [3.8, 4) is 0 Å². The van der Waals surface area contributed by atoms with E-state index in [0.29, 0.717) is 0 Å². The highest BCUT2D eigenvalue weighted by atomic mass is 16.8. The lowest BCUT2D eigenvalue weighted by molar-refractivity contribution is -0.143. The van der Waals surface area contributed by atoms with Gasteiger partial charge in [-0.1, -0.05) is 12.2 Å². The average Bonchev–Trinajstić information content (AvgIpc) is 2.85. The SMILES string of the molecule is CC(C)(C)OC(=O)N1[C@H]2[C@@H]3OC(C)(C)O[C@@H]3C=C[C@H]21. The van der Waals surface area contributed by atoms with Crippen molar-refractivity contribution < 1.29 is 19.0 Å². The van der Waals surface area contributed by atoms with Crippen LogP contribution in [-0.2, 0) is 14.2 Å². The van der Waals surface area contributed by atoms with Gasteiger partial charge >= 0.3 is 6.09 Å². The number of carbonyl (C=O) groups is 1. The zero-order valence-electron chi connectivity index (χ0n) is 12.0. The van der Waals surface area contributed by atoms with E-state index in [1.165, 1.54) is 0 Å². The maximum Gasteiger partial charge on any atom is 0.411 e. The molecule has 0 N–H and O–H groups in total. The van der Waals surface area contributed by atoms with Crippen LogP contribution in [0.2, 0.25) is 0 Å². The summed E-state index contributed by atoms with van der Waals surface area (Å²) in [6, 6.07) is 0.139. The van der Waals surface area contributed by atoms with Gasteiger partial charge in [0.05, 0.1) is 12.1 Å². The Balaban J connectivity index is 1.71. The summed E-state index contributed by atoms with van der Waals surface area (Å²) in [5, 5.41) is 0. The zero-order chi connectivity index (χ0) is 14.0. The van der Waals surface area contributed by atoms with Gasteiger partial charge in [0.1, 0.15) is 17.8 Å². The van der Waals surface area contributed by atoms with Gasteiger partial charge < -0.3 is 14.2 Å². The van der Waals surface area contributed by atoms with Gasteiger partial charge in [0.2, 0.25) is 0 Å². The standard InChI is InChI=1S/C14H21NO4/c1-13(2,3)19-12(16)15-8-6-7-9-11(10(8)15)18-14(4,5)17-9/h6-11H,1-5H3/t8-,9-,10-,11-,15?/m1/s1. The minimum Gasteiger partial charge on any atom is -0.444 e. The molecular weight excluding hydrogens is 246 g/mol. The normalized spacial score (nSPS) is 38.7. The number of ether oxygens (including phenoxy) is 3. The number of amides is 1.